The van der Waals surface area contributed by atoms with Gasteiger partial charge in [-0.25, -0.2) is 0 Å². The van der Waals surface area contributed by atoms with E-state index in [9.17, 15) is 14.7 Å². The zero-order valence-electron chi connectivity index (χ0n) is 20.4. The minimum atomic E-state index is -0.807. The molecule has 1 aromatic heterocycles. The standard InChI is InChI=1S/C28H28N2O6/c1-4-14-36-21-10-7-19(8-11-21)25-24(26(31)20-9-12-22(34-2)23(15-20)35-3)27(32)28(33)30(25)17-18-6-5-13-29-16-18/h5-13,15-16,25,31H,4,14,17H2,1-3H3/b26-24+. The Morgan fingerprint density at radius 2 is 1.78 bits per heavy atom. The van der Waals surface area contributed by atoms with Gasteiger partial charge in [-0.2, -0.15) is 0 Å². The number of benzene rings is 2. The van der Waals surface area contributed by atoms with Gasteiger partial charge in [0.2, 0.25) is 0 Å². The van der Waals surface area contributed by atoms with Crippen molar-refractivity contribution >= 4 is 17.4 Å². The van der Waals surface area contributed by atoms with Crippen LogP contribution < -0.4 is 14.2 Å². The van der Waals surface area contributed by atoms with Gasteiger partial charge in [-0.05, 0) is 53.9 Å². The number of carbonyl (C=O) groups excluding carboxylic acids is 2. The Kier molecular flexibility index (Phi) is 7.53. The topological polar surface area (TPSA) is 98.2 Å². The Hall–Kier alpha value is -4.33. The van der Waals surface area contributed by atoms with Crippen molar-refractivity contribution in [1.82, 2.24) is 9.88 Å². The molecule has 1 amide bonds. The maximum absolute atomic E-state index is 13.3. The summed E-state index contributed by atoms with van der Waals surface area (Å²) >= 11 is 0. The summed E-state index contributed by atoms with van der Waals surface area (Å²) in [4.78, 5) is 32.1. The van der Waals surface area contributed by atoms with Gasteiger partial charge in [0.05, 0.1) is 32.4 Å². The number of aromatic nitrogens is 1. The van der Waals surface area contributed by atoms with Crippen LogP contribution in [0.1, 0.15) is 36.1 Å². The fraction of sp³-hybridized carbons (Fsp3) is 0.250. The van der Waals surface area contributed by atoms with Crippen LogP contribution in [0, 0.1) is 0 Å². The van der Waals surface area contributed by atoms with Crippen LogP contribution in [0.25, 0.3) is 5.76 Å². The number of nitrogens with zero attached hydrogens (tertiary/aromatic N) is 2. The Labute approximate surface area is 209 Å². The highest BCUT2D eigenvalue weighted by molar-refractivity contribution is 6.46. The second-order valence-corrected chi connectivity index (χ2v) is 8.28. The number of likely N-dealkylation sites (tertiary alicyclic amines) is 1. The third-order valence-electron chi connectivity index (χ3n) is 5.94. The van der Waals surface area contributed by atoms with Crippen LogP contribution in [-0.2, 0) is 16.1 Å². The first-order chi connectivity index (χ1) is 17.5. The van der Waals surface area contributed by atoms with Crippen molar-refractivity contribution in [3.05, 3.63) is 89.3 Å². The average molecular weight is 489 g/mol. The first-order valence-electron chi connectivity index (χ1n) is 11.6. The number of methoxy groups -OCH3 is 2. The molecule has 2 heterocycles. The molecule has 0 spiro atoms. The van der Waals surface area contributed by atoms with Gasteiger partial charge >= 0.3 is 0 Å². The Bertz CT molecular complexity index is 1270. The summed E-state index contributed by atoms with van der Waals surface area (Å²) < 4.78 is 16.3. The molecule has 0 saturated carbocycles. The van der Waals surface area contributed by atoms with E-state index in [2.05, 4.69) is 4.98 Å². The third kappa shape index (κ3) is 4.88. The molecule has 1 N–H and O–H groups in total. The van der Waals surface area contributed by atoms with Gasteiger partial charge in [0.1, 0.15) is 11.5 Å². The molecule has 1 unspecified atom stereocenters. The first-order valence-corrected chi connectivity index (χ1v) is 11.6. The molecule has 8 heteroatoms. The zero-order chi connectivity index (χ0) is 25.7. The van der Waals surface area contributed by atoms with Gasteiger partial charge in [0.25, 0.3) is 11.7 Å². The number of ketones is 1. The largest absolute Gasteiger partial charge is 0.507 e. The maximum atomic E-state index is 13.3. The number of carbonyl (C=O) groups is 2. The minimum absolute atomic E-state index is 0.00154. The predicted molar refractivity (Wildman–Crippen MR) is 134 cm³/mol. The van der Waals surface area contributed by atoms with E-state index in [1.807, 2.05) is 13.0 Å². The fourth-order valence-corrected chi connectivity index (χ4v) is 4.18. The molecule has 0 radical (unpaired) electrons. The van der Waals surface area contributed by atoms with E-state index in [0.717, 1.165) is 12.0 Å². The van der Waals surface area contributed by atoms with E-state index < -0.39 is 17.7 Å². The van der Waals surface area contributed by atoms with E-state index in [-0.39, 0.29) is 17.9 Å². The van der Waals surface area contributed by atoms with Gasteiger partial charge in [0, 0.05) is 24.5 Å². The summed E-state index contributed by atoms with van der Waals surface area (Å²) in [5.41, 5.74) is 1.76. The van der Waals surface area contributed by atoms with Crippen LogP contribution in [0.5, 0.6) is 17.2 Å². The molecule has 3 aromatic rings. The molecule has 0 bridgehead atoms. The van der Waals surface area contributed by atoms with E-state index in [1.54, 1.807) is 60.9 Å². The Morgan fingerprint density at radius 1 is 1.03 bits per heavy atom. The number of ether oxygens (including phenoxy) is 3. The van der Waals surface area contributed by atoms with Gasteiger partial charge in [-0.1, -0.05) is 25.1 Å². The fourth-order valence-electron chi connectivity index (χ4n) is 4.18. The Balaban J connectivity index is 1.82. The number of aliphatic hydroxyl groups is 1. The van der Waals surface area contributed by atoms with Crippen molar-refractivity contribution in [2.24, 2.45) is 0 Å². The molecule has 1 fully saturated rings. The highest BCUT2D eigenvalue weighted by Gasteiger charge is 2.46. The number of rotatable bonds is 9. The van der Waals surface area contributed by atoms with Crippen LogP contribution in [0.15, 0.2) is 72.6 Å². The SMILES string of the molecule is CCCOc1ccc(C2/C(=C(\O)c3ccc(OC)c(OC)c3)C(=O)C(=O)N2Cc2cccnc2)cc1. The van der Waals surface area contributed by atoms with Crippen molar-refractivity contribution < 1.29 is 28.9 Å². The van der Waals surface area contributed by atoms with E-state index in [0.29, 0.717) is 35.0 Å². The smallest absolute Gasteiger partial charge is 0.295 e. The quantitative estimate of drug-likeness (QED) is 0.269. The molecule has 36 heavy (non-hydrogen) atoms. The van der Waals surface area contributed by atoms with Crippen molar-refractivity contribution in [3.63, 3.8) is 0 Å². The van der Waals surface area contributed by atoms with Crippen LogP contribution in [0.4, 0.5) is 0 Å². The molecular weight excluding hydrogens is 460 g/mol. The second kappa shape index (κ2) is 10.9. The van der Waals surface area contributed by atoms with Crippen molar-refractivity contribution in [2.45, 2.75) is 25.9 Å². The molecule has 1 aliphatic rings. The summed E-state index contributed by atoms with van der Waals surface area (Å²) in [6, 6.07) is 14.8. The minimum Gasteiger partial charge on any atom is -0.507 e. The van der Waals surface area contributed by atoms with Gasteiger partial charge in [-0.15, -0.1) is 0 Å². The summed E-state index contributed by atoms with van der Waals surface area (Å²) in [6.07, 6.45) is 4.16. The van der Waals surface area contributed by atoms with Crippen LogP contribution in [0.2, 0.25) is 0 Å². The molecule has 8 nitrogen and oxygen atoms in total. The zero-order valence-corrected chi connectivity index (χ0v) is 20.4. The van der Waals surface area contributed by atoms with E-state index in [4.69, 9.17) is 14.2 Å². The third-order valence-corrected chi connectivity index (χ3v) is 5.94. The Morgan fingerprint density at radius 3 is 2.42 bits per heavy atom. The van der Waals surface area contributed by atoms with Crippen molar-refractivity contribution in [3.8, 4) is 17.2 Å². The van der Waals surface area contributed by atoms with Crippen LogP contribution in [0.3, 0.4) is 0 Å². The maximum Gasteiger partial charge on any atom is 0.295 e. The lowest BCUT2D eigenvalue weighted by Gasteiger charge is -2.25. The molecule has 4 rings (SSSR count). The van der Waals surface area contributed by atoms with Gasteiger partial charge in [0.15, 0.2) is 11.5 Å². The number of Topliss-reactive ketones (excluding diaryl/α,β-unsaturated/α-hetero) is 1. The highest BCUT2D eigenvalue weighted by atomic mass is 16.5. The molecule has 186 valence electrons. The summed E-state index contributed by atoms with van der Waals surface area (Å²) in [6.45, 7) is 2.76. The normalized spacial score (nSPS) is 16.8. The van der Waals surface area contributed by atoms with E-state index >= 15 is 0 Å². The van der Waals surface area contributed by atoms with Crippen molar-refractivity contribution in [1.29, 1.82) is 0 Å². The monoisotopic (exact) mass is 488 g/mol. The molecule has 1 saturated heterocycles. The van der Waals surface area contributed by atoms with Crippen molar-refractivity contribution in [2.75, 3.05) is 20.8 Å². The molecule has 1 atom stereocenters. The lowest BCUT2D eigenvalue weighted by atomic mass is 9.95. The molecule has 1 aliphatic heterocycles. The summed E-state index contributed by atoms with van der Waals surface area (Å²) in [5.74, 6) is -0.200. The highest BCUT2D eigenvalue weighted by Crippen LogP contribution is 2.41. The predicted octanol–water partition coefficient (Wildman–Crippen LogP) is 4.51. The number of amides is 1. The second-order valence-electron chi connectivity index (χ2n) is 8.28. The average Bonchev–Trinajstić information content (AvgIpc) is 3.16. The summed E-state index contributed by atoms with van der Waals surface area (Å²) in [5, 5.41) is 11.3. The summed E-state index contributed by atoms with van der Waals surface area (Å²) in [7, 11) is 2.99. The number of aliphatic hydroxyl groups excluding tert-OH is 1. The first kappa shape index (κ1) is 24.8. The number of hydrogen-bond acceptors (Lipinski definition) is 7. The van der Waals surface area contributed by atoms with Gasteiger partial charge in [-0.3, -0.25) is 14.6 Å². The van der Waals surface area contributed by atoms with Crippen LogP contribution >= 0.6 is 0 Å². The molecular formula is C28H28N2O6. The van der Waals surface area contributed by atoms with E-state index in [1.165, 1.54) is 19.1 Å². The van der Waals surface area contributed by atoms with Gasteiger partial charge < -0.3 is 24.2 Å². The molecule has 0 aliphatic carbocycles. The lowest BCUT2D eigenvalue weighted by molar-refractivity contribution is -0.140. The number of pyridine rings is 1. The van der Waals surface area contributed by atoms with Crippen LogP contribution in [-0.4, -0.2) is 47.5 Å². The number of hydrogen-bond donors (Lipinski definition) is 1. The molecule has 2 aromatic carbocycles. The lowest BCUT2D eigenvalue weighted by Crippen LogP contribution is -2.29.